The molecule has 5 rings (SSSR count). The zero-order valence-electron chi connectivity index (χ0n) is 17.2. The highest BCUT2D eigenvalue weighted by atomic mass is 16.7. The Morgan fingerprint density at radius 2 is 1.83 bits per heavy atom. The van der Waals surface area contributed by atoms with Gasteiger partial charge in [-0.15, -0.1) is 0 Å². The lowest BCUT2D eigenvalue weighted by molar-refractivity contribution is 0.0921. The van der Waals surface area contributed by atoms with Gasteiger partial charge in [0, 0.05) is 17.0 Å². The highest BCUT2D eigenvalue weighted by Crippen LogP contribution is 2.36. The molecule has 0 radical (unpaired) electrons. The van der Waals surface area contributed by atoms with Crippen molar-refractivity contribution in [1.29, 1.82) is 0 Å². The largest absolute Gasteiger partial charge is 0.454 e. The number of hydrogen-bond acceptors (Lipinski definition) is 4. The number of pyridine rings is 1. The molecule has 1 aromatic heterocycles. The van der Waals surface area contributed by atoms with Crippen LogP contribution in [0.25, 0.3) is 22.2 Å². The number of rotatable bonds is 4. The first-order chi connectivity index (χ1) is 14.7. The number of hydrogen-bond donors (Lipinski definition) is 1. The van der Waals surface area contributed by atoms with Crippen LogP contribution in [0.5, 0.6) is 11.5 Å². The minimum Gasteiger partial charge on any atom is -0.454 e. The predicted octanol–water partition coefficient (Wildman–Crippen LogP) is 5.33. The highest BCUT2D eigenvalue weighted by molar-refractivity contribution is 6.07. The van der Waals surface area contributed by atoms with Crippen LogP contribution in [0.15, 0.2) is 48.5 Å². The van der Waals surface area contributed by atoms with E-state index in [0.29, 0.717) is 17.2 Å². The van der Waals surface area contributed by atoms with E-state index in [4.69, 9.17) is 14.5 Å². The second-order valence-corrected chi connectivity index (χ2v) is 8.30. The molecular formula is C25H26N2O3. The number of ether oxygens (including phenoxy) is 2. The van der Waals surface area contributed by atoms with Crippen molar-refractivity contribution < 1.29 is 14.3 Å². The Kier molecular flexibility index (Phi) is 5.03. The molecule has 3 aromatic rings. The van der Waals surface area contributed by atoms with Crippen LogP contribution >= 0.6 is 0 Å². The van der Waals surface area contributed by atoms with E-state index in [-0.39, 0.29) is 18.7 Å². The SMILES string of the molecule is CC(NC(=O)c1cc(-c2ccc3c(c2)OCO3)nc2ccccc12)C1CCCCC1. The fourth-order valence-electron chi connectivity index (χ4n) is 4.60. The number of carbonyl (C=O) groups is 1. The van der Waals surface area contributed by atoms with Gasteiger partial charge in [-0.05, 0) is 56.0 Å². The van der Waals surface area contributed by atoms with E-state index in [2.05, 4.69) is 12.2 Å². The molecule has 5 heteroatoms. The predicted molar refractivity (Wildman–Crippen MR) is 117 cm³/mol. The smallest absolute Gasteiger partial charge is 0.252 e. The van der Waals surface area contributed by atoms with E-state index in [9.17, 15) is 4.79 Å². The second kappa shape index (κ2) is 7.98. The molecule has 154 valence electrons. The minimum absolute atomic E-state index is 0.0336. The Balaban J connectivity index is 1.50. The number of para-hydroxylation sites is 1. The Hall–Kier alpha value is -3.08. The third kappa shape index (κ3) is 3.60. The summed E-state index contributed by atoms with van der Waals surface area (Å²) in [6.07, 6.45) is 6.22. The average Bonchev–Trinajstić information content (AvgIpc) is 3.26. The minimum atomic E-state index is -0.0336. The summed E-state index contributed by atoms with van der Waals surface area (Å²) in [6, 6.07) is 15.6. The molecule has 0 saturated heterocycles. The molecule has 1 atom stereocenters. The summed E-state index contributed by atoms with van der Waals surface area (Å²) < 4.78 is 10.9. The van der Waals surface area contributed by atoms with Crippen molar-refractivity contribution in [3.8, 4) is 22.8 Å². The van der Waals surface area contributed by atoms with Crippen molar-refractivity contribution in [2.24, 2.45) is 5.92 Å². The third-order valence-electron chi connectivity index (χ3n) is 6.34. The molecule has 30 heavy (non-hydrogen) atoms. The van der Waals surface area contributed by atoms with Gasteiger partial charge in [-0.3, -0.25) is 4.79 Å². The maximum atomic E-state index is 13.3. The average molecular weight is 402 g/mol. The van der Waals surface area contributed by atoms with Gasteiger partial charge in [0.15, 0.2) is 11.5 Å². The summed E-state index contributed by atoms with van der Waals surface area (Å²) in [4.78, 5) is 18.1. The number of nitrogens with zero attached hydrogens (tertiary/aromatic N) is 1. The van der Waals surface area contributed by atoms with Crippen LogP contribution < -0.4 is 14.8 Å². The Morgan fingerprint density at radius 1 is 1.03 bits per heavy atom. The van der Waals surface area contributed by atoms with E-state index in [1.807, 2.05) is 48.5 Å². The first kappa shape index (κ1) is 18.9. The van der Waals surface area contributed by atoms with Crippen LogP contribution in [0, 0.1) is 5.92 Å². The Labute approximate surface area is 176 Å². The molecule has 1 amide bonds. The first-order valence-electron chi connectivity index (χ1n) is 10.8. The van der Waals surface area contributed by atoms with E-state index in [1.165, 1.54) is 32.1 Å². The maximum Gasteiger partial charge on any atom is 0.252 e. The molecule has 0 bridgehead atoms. The monoisotopic (exact) mass is 402 g/mol. The molecule has 2 heterocycles. The molecule has 1 fully saturated rings. The Morgan fingerprint density at radius 3 is 2.70 bits per heavy atom. The van der Waals surface area contributed by atoms with Gasteiger partial charge in [0.25, 0.3) is 5.91 Å². The van der Waals surface area contributed by atoms with Crippen LogP contribution in [0.4, 0.5) is 0 Å². The van der Waals surface area contributed by atoms with E-state index >= 15 is 0 Å². The molecule has 0 spiro atoms. The zero-order chi connectivity index (χ0) is 20.5. The summed E-state index contributed by atoms with van der Waals surface area (Å²) in [7, 11) is 0. The summed E-state index contributed by atoms with van der Waals surface area (Å²) in [5.41, 5.74) is 3.13. The van der Waals surface area contributed by atoms with Crippen molar-refractivity contribution >= 4 is 16.8 Å². The summed E-state index contributed by atoms with van der Waals surface area (Å²) in [5, 5.41) is 4.14. The van der Waals surface area contributed by atoms with Gasteiger partial charge in [-0.1, -0.05) is 37.5 Å². The zero-order valence-corrected chi connectivity index (χ0v) is 17.2. The number of carbonyl (C=O) groups excluding carboxylic acids is 1. The number of nitrogens with one attached hydrogen (secondary N) is 1. The van der Waals surface area contributed by atoms with Crippen molar-refractivity contribution in [3.05, 3.63) is 54.1 Å². The van der Waals surface area contributed by atoms with E-state index < -0.39 is 0 Å². The maximum absolute atomic E-state index is 13.3. The van der Waals surface area contributed by atoms with E-state index in [0.717, 1.165) is 27.9 Å². The summed E-state index contributed by atoms with van der Waals surface area (Å²) in [5.74, 6) is 1.97. The van der Waals surface area contributed by atoms with Gasteiger partial charge in [-0.2, -0.15) is 0 Å². The number of amides is 1. The number of fused-ring (bicyclic) bond motifs is 2. The molecule has 1 aliphatic carbocycles. The lowest BCUT2D eigenvalue weighted by Gasteiger charge is -2.28. The van der Waals surface area contributed by atoms with Crippen LogP contribution in [-0.2, 0) is 0 Å². The number of benzene rings is 2. The van der Waals surface area contributed by atoms with Crippen LogP contribution in [-0.4, -0.2) is 23.7 Å². The van der Waals surface area contributed by atoms with Gasteiger partial charge >= 0.3 is 0 Å². The molecule has 1 unspecified atom stereocenters. The van der Waals surface area contributed by atoms with Crippen LogP contribution in [0.1, 0.15) is 49.4 Å². The fourth-order valence-corrected chi connectivity index (χ4v) is 4.60. The number of aromatic nitrogens is 1. The fraction of sp³-hybridized carbons (Fsp3) is 0.360. The van der Waals surface area contributed by atoms with E-state index in [1.54, 1.807) is 0 Å². The summed E-state index contributed by atoms with van der Waals surface area (Å²) in [6.45, 7) is 2.37. The standard InChI is InChI=1S/C25H26N2O3/c1-16(17-7-3-2-4-8-17)26-25(28)20-14-22(27-21-10-6-5-9-19(20)21)18-11-12-23-24(13-18)30-15-29-23/h5-6,9-14,16-17H,2-4,7-8,15H2,1H3,(H,26,28). The van der Waals surface area contributed by atoms with Crippen LogP contribution in [0.3, 0.4) is 0 Å². The molecular weight excluding hydrogens is 376 g/mol. The van der Waals surface area contributed by atoms with Crippen molar-refractivity contribution in [2.45, 2.75) is 45.1 Å². The summed E-state index contributed by atoms with van der Waals surface area (Å²) >= 11 is 0. The van der Waals surface area contributed by atoms with Gasteiger partial charge in [-0.25, -0.2) is 4.98 Å². The molecule has 2 aliphatic rings. The third-order valence-corrected chi connectivity index (χ3v) is 6.34. The second-order valence-electron chi connectivity index (χ2n) is 8.30. The van der Waals surface area contributed by atoms with Gasteiger partial charge in [0.1, 0.15) is 0 Å². The molecule has 1 saturated carbocycles. The quantitative estimate of drug-likeness (QED) is 0.641. The molecule has 5 nitrogen and oxygen atoms in total. The first-order valence-corrected chi connectivity index (χ1v) is 10.8. The highest BCUT2D eigenvalue weighted by Gasteiger charge is 2.23. The van der Waals surface area contributed by atoms with Gasteiger partial charge in [0.2, 0.25) is 6.79 Å². The van der Waals surface area contributed by atoms with Crippen molar-refractivity contribution in [1.82, 2.24) is 10.3 Å². The van der Waals surface area contributed by atoms with Crippen LogP contribution in [0.2, 0.25) is 0 Å². The lowest BCUT2D eigenvalue weighted by Crippen LogP contribution is -2.39. The van der Waals surface area contributed by atoms with Gasteiger partial charge in [0.05, 0.1) is 16.8 Å². The van der Waals surface area contributed by atoms with Crippen molar-refractivity contribution in [3.63, 3.8) is 0 Å². The topological polar surface area (TPSA) is 60.5 Å². The Bertz CT molecular complexity index is 1090. The molecule has 2 aromatic carbocycles. The molecule has 1 N–H and O–H groups in total. The van der Waals surface area contributed by atoms with Gasteiger partial charge < -0.3 is 14.8 Å². The normalized spacial score (nSPS) is 17.1. The molecule has 1 aliphatic heterocycles. The lowest BCUT2D eigenvalue weighted by atomic mass is 9.84. The van der Waals surface area contributed by atoms with Crippen molar-refractivity contribution in [2.75, 3.05) is 6.79 Å².